The van der Waals surface area contributed by atoms with E-state index in [9.17, 15) is 5.11 Å². The predicted octanol–water partition coefficient (Wildman–Crippen LogP) is 2.88. The number of rotatable bonds is 3. The summed E-state index contributed by atoms with van der Waals surface area (Å²) in [5.74, 6) is 0. The van der Waals surface area contributed by atoms with Gasteiger partial charge in [-0.2, -0.15) is 0 Å². The molecule has 0 aromatic heterocycles. The van der Waals surface area contributed by atoms with Gasteiger partial charge in [-0.3, -0.25) is 0 Å². The highest BCUT2D eigenvalue weighted by atomic mass is 35.5. The normalized spacial score (nSPS) is 12.4. The number of benzene rings is 2. The van der Waals surface area contributed by atoms with Crippen LogP contribution in [0.1, 0.15) is 22.8 Å². The fourth-order valence-corrected chi connectivity index (χ4v) is 2.00. The Kier molecular flexibility index (Phi) is 3.79. The van der Waals surface area contributed by atoms with E-state index in [1.807, 2.05) is 36.4 Å². The smallest absolute Gasteiger partial charge is 0.104 e. The number of aliphatic hydroxyl groups excluding tert-OH is 1. The van der Waals surface area contributed by atoms with Crippen molar-refractivity contribution in [3.8, 4) is 0 Å². The molecule has 3 heteroatoms. The first kappa shape index (κ1) is 12.1. The summed E-state index contributed by atoms with van der Waals surface area (Å²) < 4.78 is 0. The van der Waals surface area contributed by atoms with Crippen molar-refractivity contribution in [2.75, 3.05) is 0 Å². The van der Waals surface area contributed by atoms with E-state index < -0.39 is 6.10 Å². The number of aliphatic hydroxyl groups is 1. The molecule has 0 fully saturated rings. The molecule has 0 aliphatic rings. The lowest BCUT2D eigenvalue weighted by Gasteiger charge is -2.15. The third-order valence-electron chi connectivity index (χ3n) is 2.74. The molecule has 1 atom stereocenters. The molecule has 0 saturated heterocycles. The Labute approximate surface area is 106 Å². The number of halogens is 1. The molecule has 0 amide bonds. The fourth-order valence-electron chi connectivity index (χ4n) is 1.82. The average Bonchev–Trinajstić information content (AvgIpc) is 2.39. The standard InChI is InChI=1S/C14H14ClNO/c15-12-7-6-11(9-16)13(8-12)14(17)10-4-2-1-3-5-10/h1-8,14,17H,9,16H2/t14-/m0/s1. The Morgan fingerprint density at radius 2 is 1.82 bits per heavy atom. The first-order chi connectivity index (χ1) is 8.22. The van der Waals surface area contributed by atoms with Gasteiger partial charge in [-0.1, -0.05) is 48.0 Å². The average molecular weight is 248 g/mol. The second-order valence-electron chi connectivity index (χ2n) is 3.86. The van der Waals surface area contributed by atoms with Crippen LogP contribution >= 0.6 is 11.6 Å². The van der Waals surface area contributed by atoms with Crippen molar-refractivity contribution < 1.29 is 5.11 Å². The van der Waals surface area contributed by atoms with E-state index in [2.05, 4.69) is 0 Å². The van der Waals surface area contributed by atoms with Gasteiger partial charge in [0.15, 0.2) is 0 Å². The molecular weight excluding hydrogens is 234 g/mol. The molecule has 2 aromatic rings. The van der Waals surface area contributed by atoms with Gasteiger partial charge >= 0.3 is 0 Å². The van der Waals surface area contributed by atoms with Crippen LogP contribution in [-0.4, -0.2) is 5.11 Å². The van der Waals surface area contributed by atoms with Gasteiger partial charge in [0.2, 0.25) is 0 Å². The summed E-state index contributed by atoms with van der Waals surface area (Å²) in [7, 11) is 0. The van der Waals surface area contributed by atoms with Gasteiger partial charge < -0.3 is 10.8 Å². The largest absolute Gasteiger partial charge is 0.384 e. The Balaban J connectivity index is 2.43. The van der Waals surface area contributed by atoms with Crippen LogP contribution in [0.25, 0.3) is 0 Å². The van der Waals surface area contributed by atoms with Gasteiger partial charge in [0, 0.05) is 11.6 Å². The van der Waals surface area contributed by atoms with E-state index in [0.717, 1.165) is 16.7 Å². The van der Waals surface area contributed by atoms with Gasteiger partial charge in [-0.05, 0) is 28.8 Å². The lowest BCUT2D eigenvalue weighted by Crippen LogP contribution is -2.07. The van der Waals surface area contributed by atoms with E-state index in [1.54, 1.807) is 12.1 Å². The topological polar surface area (TPSA) is 46.2 Å². The maximum atomic E-state index is 10.3. The molecule has 0 spiro atoms. The zero-order valence-corrected chi connectivity index (χ0v) is 10.1. The summed E-state index contributed by atoms with van der Waals surface area (Å²) in [6.07, 6.45) is -0.687. The minimum absolute atomic E-state index is 0.385. The molecule has 88 valence electrons. The van der Waals surface area contributed by atoms with Gasteiger partial charge in [-0.15, -0.1) is 0 Å². The summed E-state index contributed by atoms with van der Waals surface area (Å²) in [4.78, 5) is 0. The highest BCUT2D eigenvalue weighted by Crippen LogP contribution is 2.27. The second-order valence-corrected chi connectivity index (χ2v) is 4.30. The second kappa shape index (κ2) is 5.32. The fraction of sp³-hybridized carbons (Fsp3) is 0.143. The van der Waals surface area contributed by atoms with E-state index >= 15 is 0 Å². The molecule has 3 N–H and O–H groups in total. The third-order valence-corrected chi connectivity index (χ3v) is 2.97. The van der Waals surface area contributed by atoms with E-state index in [-0.39, 0.29) is 0 Å². The third kappa shape index (κ3) is 2.67. The summed E-state index contributed by atoms with van der Waals surface area (Å²) in [5.41, 5.74) is 8.18. The molecule has 0 saturated carbocycles. The number of hydrogen-bond donors (Lipinski definition) is 2. The number of hydrogen-bond acceptors (Lipinski definition) is 2. The van der Waals surface area contributed by atoms with Crippen molar-refractivity contribution in [1.29, 1.82) is 0 Å². The molecule has 2 rings (SSSR count). The highest BCUT2D eigenvalue weighted by molar-refractivity contribution is 6.30. The molecule has 0 radical (unpaired) electrons. The molecule has 2 aromatic carbocycles. The summed E-state index contributed by atoms with van der Waals surface area (Å²) in [5, 5.41) is 10.9. The van der Waals surface area contributed by atoms with Crippen LogP contribution in [0.2, 0.25) is 5.02 Å². The highest BCUT2D eigenvalue weighted by Gasteiger charge is 2.14. The van der Waals surface area contributed by atoms with Gasteiger partial charge in [-0.25, -0.2) is 0 Å². The maximum Gasteiger partial charge on any atom is 0.104 e. The van der Waals surface area contributed by atoms with Gasteiger partial charge in [0.1, 0.15) is 6.10 Å². The van der Waals surface area contributed by atoms with Crippen molar-refractivity contribution in [1.82, 2.24) is 0 Å². The summed E-state index contributed by atoms with van der Waals surface area (Å²) in [6.45, 7) is 0.385. The van der Waals surface area contributed by atoms with E-state index in [0.29, 0.717) is 11.6 Å². The van der Waals surface area contributed by atoms with Crippen LogP contribution in [0.4, 0.5) is 0 Å². The molecular formula is C14H14ClNO. The molecule has 0 heterocycles. The van der Waals surface area contributed by atoms with Gasteiger partial charge in [0.25, 0.3) is 0 Å². The zero-order valence-electron chi connectivity index (χ0n) is 9.31. The van der Waals surface area contributed by atoms with Crippen molar-refractivity contribution in [2.24, 2.45) is 5.73 Å². The molecule has 0 aliphatic carbocycles. The van der Waals surface area contributed by atoms with Crippen molar-refractivity contribution in [2.45, 2.75) is 12.6 Å². The lowest BCUT2D eigenvalue weighted by atomic mass is 9.97. The molecule has 2 nitrogen and oxygen atoms in total. The van der Waals surface area contributed by atoms with Crippen molar-refractivity contribution in [3.63, 3.8) is 0 Å². The van der Waals surface area contributed by atoms with Crippen LogP contribution in [0.15, 0.2) is 48.5 Å². The minimum atomic E-state index is -0.687. The van der Waals surface area contributed by atoms with Crippen LogP contribution < -0.4 is 5.73 Å². The lowest BCUT2D eigenvalue weighted by molar-refractivity contribution is 0.219. The van der Waals surface area contributed by atoms with E-state index in [1.165, 1.54) is 0 Å². The molecule has 0 aliphatic heterocycles. The minimum Gasteiger partial charge on any atom is -0.384 e. The number of nitrogens with two attached hydrogens (primary N) is 1. The maximum absolute atomic E-state index is 10.3. The predicted molar refractivity (Wildman–Crippen MR) is 69.8 cm³/mol. The summed E-state index contributed by atoms with van der Waals surface area (Å²) >= 11 is 5.95. The first-order valence-corrected chi connectivity index (χ1v) is 5.81. The molecule has 0 bridgehead atoms. The Bertz CT molecular complexity index is 499. The summed E-state index contributed by atoms with van der Waals surface area (Å²) in [6, 6.07) is 14.9. The van der Waals surface area contributed by atoms with Crippen LogP contribution in [-0.2, 0) is 6.54 Å². The van der Waals surface area contributed by atoms with Crippen LogP contribution in [0.3, 0.4) is 0 Å². The molecule has 17 heavy (non-hydrogen) atoms. The Morgan fingerprint density at radius 1 is 1.12 bits per heavy atom. The SMILES string of the molecule is NCc1ccc(Cl)cc1[C@@H](O)c1ccccc1. The van der Waals surface area contributed by atoms with Crippen LogP contribution in [0, 0.1) is 0 Å². The Hall–Kier alpha value is -1.35. The molecule has 0 unspecified atom stereocenters. The first-order valence-electron chi connectivity index (χ1n) is 5.44. The van der Waals surface area contributed by atoms with Crippen molar-refractivity contribution in [3.05, 3.63) is 70.2 Å². The zero-order chi connectivity index (χ0) is 12.3. The quantitative estimate of drug-likeness (QED) is 0.876. The van der Waals surface area contributed by atoms with Crippen molar-refractivity contribution >= 4 is 11.6 Å². The van der Waals surface area contributed by atoms with Gasteiger partial charge in [0.05, 0.1) is 0 Å². The van der Waals surface area contributed by atoms with Crippen LogP contribution in [0.5, 0.6) is 0 Å². The monoisotopic (exact) mass is 247 g/mol. The van der Waals surface area contributed by atoms with E-state index in [4.69, 9.17) is 17.3 Å². The Morgan fingerprint density at radius 3 is 2.47 bits per heavy atom.